The Balaban J connectivity index is 1.76. The molecule has 0 amide bonds. The number of halogens is 1. The molecular weight excluding hydrogens is 317 g/mol. The van der Waals surface area contributed by atoms with Gasteiger partial charge in [-0.2, -0.15) is 10.2 Å². The van der Waals surface area contributed by atoms with E-state index in [1.165, 1.54) is 17.7 Å². The van der Waals surface area contributed by atoms with Crippen molar-refractivity contribution in [2.24, 2.45) is 0 Å². The number of aromatic nitrogens is 2. The highest BCUT2D eigenvalue weighted by molar-refractivity contribution is 5.65. The lowest BCUT2D eigenvalue weighted by Gasteiger charge is -2.09. The number of nitrogens with two attached hydrogens (primary N) is 1. The molecule has 2 aromatic carbocycles. The Morgan fingerprint density at radius 2 is 1.88 bits per heavy atom. The first kappa shape index (κ1) is 16.4. The number of nitrogens with one attached hydrogen (secondary N) is 1. The van der Waals surface area contributed by atoms with Crippen LogP contribution < -0.4 is 11.1 Å². The van der Waals surface area contributed by atoms with Gasteiger partial charge in [0.15, 0.2) is 0 Å². The van der Waals surface area contributed by atoms with E-state index in [0.717, 1.165) is 6.42 Å². The van der Waals surface area contributed by atoms with E-state index < -0.39 is 5.82 Å². The number of hydrogen-bond donors (Lipinski definition) is 2. The third-order valence-electron chi connectivity index (χ3n) is 3.69. The van der Waals surface area contributed by atoms with Crippen LogP contribution in [0.1, 0.15) is 11.1 Å². The fraction of sp³-hybridized carbons (Fsp3) is 0.105. The van der Waals surface area contributed by atoms with Crippen LogP contribution in [0.15, 0.2) is 54.6 Å². The second kappa shape index (κ2) is 7.41. The summed E-state index contributed by atoms with van der Waals surface area (Å²) in [6, 6.07) is 17.9. The number of rotatable bonds is 5. The fourth-order valence-electron chi connectivity index (χ4n) is 2.45. The summed E-state index contributed by atoms with van der Waals surface area (Å²) in [6.07, 6.45) is 0.839. The van der Waals surface area contributed by atoms with E-state index >= 15 is 0 Å². The summed E-state index contributed by atoms with van der Waals surface area (Å²) in [5.41, 5.74) is 8.01. The molecule has 1 heterocycles. The lowest BCUT2D eigenvalue weighted by Crippen LogP contribution is -2.08. The zero-order chi connectivity index (χ0) is 17.6. The molecule has 25 heavy (non-hydrogen) atoms. The summed E-state index contributed by atoms with van der Waals surface area (Å²) in [6.45, 7) is 0.682. The van der Waals surface area contributed by atoms with Crippen molar-refractivity contribution in [2.45, 2.75) is 6.42 Å². The Hall–Kier alpha value is -3.46. The molecule has 0 bridgehead atoms. The predicted octanol–water partition coefficient (Wildman–Crippen LogP) is 3.39. The standard InChI is InChI=1S/C19H16FN5/c20-16-10-14(6-7-15(16)12-21)17-11-18(25-19(22)24-17)23-9-8-13-4-2-1-3-5-13/h1-7,10-11H,8-9H2,(H3,22,23,24,25). The first-order valence-electron chi connectivity index (χ1n) is 7.78. The summed E-state index contributed by atoms with van der Waals surface area (Å²) in [7, 11) is 0. The van der Waals surface area contributed by atoms with Crippen molar-refractivity contribution in [1.29, 1.82) is 5.26 Å². The van der Waals surface area contributed by atoms with E-state index in [2.05, 4.69) is 27.4 Å². The summed E-state index contributed by atoms with van der Waals surface area (Å²) >= 11 is 0. The topological polar surface area (TPSA) is 87.6 Å². The van der Waals surface area contributed by atoms with Crippen molar-refractivity contribution < 1.29 is 4.39 Å². The molecule has 0 spiro atoms. The van der Waals surface area contributed by atoms with E-state index in [1.807, 2.05) is 18.2 Å². The molecule has 5 nitrogen and oxygen atoms in total. The van der Waals surface area contributed by atoms with Crippen LogP contribution in [0.4, 0.5) is 16.2 Å². The molecule has 0 saturated carbocycles. The Morgan fingerprint density at radius 1 is 1.08 bits per heavy atom. The van der Waals surface area contributed by atoms with E-state index in [1.54, 1.807) is 18.2 Å². The second-order valence-electron chi connectivity index (χ2n) is 5.47. The SMILES string of the molecule is N#Cc1ccc(-c2cc(NCCc3ccccc3)nc(N)n2)cc1F. The van der Waals surface area contributed by atoms with Crippen LogP contribution >= 0.6 is 0 Å². The van der Waals surface area contributed by atoms with Crippen molar-refractivity contribution >= 4 is 11.8 Å². The molecule has 0 fully saturated rings. The number of nitrogen functional groups attached to an aromatic ring is 1. The maximum absolute atomic E-state index is 13.8. The quantitative estimate of drug-likeness (QED) is 0.747. The third-order valence-corrected chi connectivity index (χ3v) is 3.69. The van der Waals surface area contributed by atoms with Crippen molar-refractivity contribution in [2.75, 3.05) is 17.6 Å². The van der Waals surface area contributed by atoms with Gasteiger partial charge in [0.25, 0.3) is 0 Å². The third kappa shape index (κ3) is 4.09. The van der Waals surface area contributed by atoms with Crippen LogP contribution in [0.3, 0.4) is 0 Å². The zero-order valence-corrected chi connectivity index (χ0v) is 13.4. The van der Waals surface area contributed by atoms with Crippen LogP contribution in [-0.2, 0) is 6.42 Å². The zero-order valence-electron chi connectivity index (χ0n) is 13.4. The molecule has 0 atom stereocenters. The van der Waals surface area contributed by atoms with Crippen molar-refractivity contribution in [1.82, 2.24) is 9.97 Å². The molecule has 0 aliphatic rings. The molecule has 0 aliphatic carbocycles. The van der Waals surface area contributed by atoms with Gasteiger partial charge in [0.1, 0.15) is 17.7 Å². The lowest BCUT2D eigenvalue weighted by molar-refractivity contribution is 0.624. The molecule has 0 unspecified atom stereocenters. The van der Waals surface area contributed by atoms with Gasteiger partial charge in [-0.3, -0.25) is 0 Å². The van der Waals surface area contributed by atoms with Gasteiger partial charge >= 0.3 is 0 Å². The second-order valence-corrected chi connectivity index (χ2v) is 5.47. The van der Waals surface area contributed by atoms with E-state index in [4.69, 9.17) is 11.0 Å². The monoisotopic (exact) mass is 333 g/mol. The molecule has 0 aliphatic heterocycles. The lowest BCUT2D eigenvalue weighted by atomic mass is 10.1. The van der Waals surface area contributed by atoms with Gasteiger partial charge in [0, 0.05) is 18.2 Å². The van der Waals surface area contributed by atoms with Gasteiger partial charge in [-0.15, -0.1) is 0 Å². The van der Waals surface area contributed by atoms with Crippen LogP contribution in [0.25, 0.3) is 11.3 Å². The summed E-state index contributed by atoms with van der Waals surface area (Å²) in [5.74, 6) is 0.0865. The number of anilines is 2. The van der Waals surface area contributed by atoms with Crippen LogP contribution in [0.2, 0.25) is 0 Å². The molecule has 0 radical (unpaired) electrons. The number of nitriles is 1. The van der Waals surface area contributed by atoms with E-state index in [-0.39, 0.29) is 11.5 Å². The maximum atomic E-state index is 13.8. The molecular formula is C19H16FN5. The van der Waals surface area contributed by atoms with Crippen LogP contribution in [0, 0.1) is 17.1 Å². The first-order chi connectivity index (χ1) is 12.2. The summed E-state index contributed by atoms with van der Waals surface area (Å²) < 4.78 is 13.8. The van der Waals surface area contributed by atoms with Gasteiger partial charge in [-0.05, 0) is 24.1 Å². The van der Waals surface area contributed by atoms with Crippen LogP contribution in [0.5, 0.6) is 0 Å². The van der Waals surface area contributed by atoms with Gasteiger partial charge in [0.2, 0.25) is 5.95 Å². The fourth-order valence-corrected chi connectivity index (χ4v) is 2.45. The highest BCUT2D eigenvalue weighted by Gasteiger charge is 2.08. The largest absolute Gasteiger partial charge is 0.370 e. The molecule has 1 aromatic heterocycles. The van der Waals surface area contributed by atoms with Crippen LogP contribution in [-0.4, -0.2) is 16.5 Å². The Bertz CT molecular complexity index is 919. The normalized spacial score (nSPS) is 10.2. The first-order valence-corrected chi connectivity index (χ1v) is 7.78. The molecule has 3 N–H and O–H groups in total. The maximum Gasteiger partial charge on any atom is 0.222 e. The smallest absolute Gasteiger partial charge is 0.222 e. The molecule has 3 rings (SSSR count). The Labute approximate surface area is 145 Å². The summed E-state index contributed by atoms with van der Waals surface area (Å²) in [5, 5.41) is 12.0. The number of benzene rings is 2. The van der Waals surface area contributed by atoms with Gasteiger partial charge in [-0.1, -0.05) is 36.4 Å². The minimum atomic E-state index is -0.587. The summed E-state index contributed by atoms with van der Waals surface area (Å²) in [4.78, 5) is 8.30. The van der Waals surface area contributed by atoms with Crippen molar-refractivity contribution in [3.63, 3.8) is 0 Å². The molecule has 124 valence electrons. The van der Waals surface area contributed by atoms with Gasteiger partial charge in [-0.25, -0.2) is 9.37 Å². The minimum Gasteiger partial charge on any atom is -0.370 e. The van der Waals surface area contributed by atoms with E-state index in [9.17, 15) is 4.39 Å². The van der Waals surface area contributed by atoms with Crippen molar-refractivity contribution in [3.05, 3.63) is 71.5 Å². The number of hydrogen-bond acceptors (Lipinski definition) is 5. The molecule has 0 saturated heterocycles. The highest BCUT2D eigenvalue weighted by Crippen LogP contribution is 2.23. The molecule has 3 aromatic rings. The van der Waals surface area contributed by atoms with Gasteiger partial charge in [0.05, 0.1) is 11.3 Å². The van der Waals surface area contributed by atoms with Crippen molar-refractivity contribution in [3.8, 4) is 17.3 Å². The highest BCUT2D eigenvalue weighted by atomic mass is 19.1. The van der Waals surface area contributed by atoms with E-state index in [0.29, 0.717) is 23.6 Å². The average Bonchev–Trinajstić information content (AvgIpc) is 2.62. The minimum absolute atomic E-state index is 0.00742. The Kier molecular flexibility index (Phi) is 4.86. The van der Waals surface area contributed by atoms with Gasteiger partial charge < -0.3 is 11.1 Å². The predicted molar refractivity (Wildman–Crippen MR) is 95.2 cm³/mol. The molecule has 6 heteroatoms. The number of nitrogens with zero attached hydrogens (tertiary/aromatic N) is 3. The Morgan fingerprint density at radius 3 is 2.60 bits per heavy atom. The average molecular weight is 333 g/mol.